The van der Waals surface area contributed by atoms with Gasteiger partial charge < -0.3 is 14.8 Å². The number of benzene rings is 2. The van der Waals surface area contributed by atoms with Gasteiger partial charge in [0.05, 0.1) is 5.30 Å². The molecule has 33 heavy (non-hydrogen) atoms. The Balaban J connectivity index is 1.82. The molecule has 4 aromatic rings. The molecule has 0 aliphatic rings. The summed E-state index contributed by atoms with van der Waals surface area (Å²) in [5.74, 6) is -0.429. The number of aromatic amines is 1. The maximum atomic E-state index is 14.4. The topological polar surface area (TPSA) is 95.3 Å². The zero-order valence-corrected chi connectivity index (χ0v) is 19.9. The van der Waals surface area contributed by atoms with Gasteiger partial charge in [0.2, 0.25) is 12.4 Å². The summed E-state index contributed by atoms with van der Waals surface area (Å²) in [6, 6.07) is 15.9. The lowest BCUT2D eigenvalue weighted by atomic mass is 10.2. The SMILES string of the molecule is CCc1cccc(P(=O)(OC)c2c(C(=O)NCc3cc[n+](O)cc3)[nH]c3ccc(Cl)cc23)c1. The quantitative estimate of drug-likeness (QED) is 0.212. The lowest BCUT2D eigenvalue weighted by Gasteiger charge is -2.19. The Morgan fingerprint density at radius 3 is 2.61 bits per heavy atom. The van der Waals surface area contributed by atoms with Crippen LogP contribution in [0.3, 0.4) is 0 Å². The van der Waals surface area contributed by atoms with Crippen molar-refractivity contribution in [2.24, 2.45) is 0 Å². The molecule has 0 aliphatic carbocycles. The number of amides is 1. The summed E-state index contributed by atoms with van der Waals surface area (Å²) < 4.78 is 21.0. The molecule has 1 atom stereocenters. The lowest BCUT2D eigenvalue weighted by Crippen LogP contribution is -2.31. The van der Waals surface area contributed by atoms with Gasteiger partial charge in [-0.25, -0.2) is 0 Å². The van der Waals surface area contributed by atoms with Crippen LogP contribution < -0.4 is 20.7 Å². The summed E-state index contributed by atoms with van der Waals surface area (Å²) in [5, 5.41) is 14.1. The molecular formula is C24H24ClN3O4P+. The Bertz CT molecular complexity index is 1370. The molecule has 0 saturated carbocycles. The number of nitrogens with one attached hydrogen (secondary N) is 2. The maximum absolute atomic E-state index is 14.4. The number of rotatable bonds is 7. The third-order valence-electron chi connectivity index (χ3n) is 5.51. The summed E-state index contributed by atoms with van der Waals surface area (Å²) in [4.78, 5) is 16.4. The minimum atomic E-state index is -3.64. The molecule has 0 saturated heterocycles. The van der Waals surface area contributed by atoms with Crippen molar-refractivity contribution >= 4 is 46.4 Å². The van der Waals surface area contributed by atoms with Crippen molar-refractivity contribution in [2.75, 3.05) is 7.11 Å². The molecule has 7 nitrogen and oxygen atoms in total. The largest absolute Gasteiger partial charge is 0.350 e. The predicted molar refractivity (Wildman–Crippen MR) is 128 cm³/mol. The molecule has 0 bridgehead atoms. The van der Waals surface area contributed by atoms with Gasteiger partial charge in [-0.15, -0.1) is 0 Å². The highest BCUT2D eigenvalue weighted by atomic mass is 35.5. The third-order valence-corrected chi connectivity index (χ3v) is 8.27. The zero-order chi connectivity index (χ0) is 23.6. The smallest absolute Gasteiger partial charge is 0.268 e. The van der Waals surface area contributed by atoms with Gasteiger partial charge >= 0.3 is 0 Å². The first-order valence-corrected chi connectivity index (χ1v) is 12.4. The Morgan fingerprint density at radius 1 is 1.15 bits per heavy atom. The molecule has 2 aromatic heterocycles. The van der Waals surface area contributed by atoms with Crippen LogP contribution in [0.4, 0.5) is 0 Å². The van der Waals surface area contributed by atoms with Crippen LogP contribution in [-0.4, -0.2) is 23.2 Å². The van der Waals surface area contributed by atoms with E-state index in [1.165, 1.54) is 19.5 Å². The Hall–Kier alpha value is -3.12. The second kappa shape index (κ2) is 9.40. The summed E-state index contributed by atoms with van der Waals surface area (Å²) in [6.07, 6.45) is 3.71. The zero-order valence-electron chi connectivity index (χ0n) is 18.2. The molecule has 1 unspecified atom stereocenters. The molecule has 1 amide bonds. The van der Waals surface area contributed by atoms with Crippen molar-refractivity contribution in [3.63, 3.8) is 0 Å². The molecule has 9 heteroatoms. The number of aryl methyl sites for hydroxylation is 1. The fraction of sp³-hybridized carbons (Fsp3) is 0.167. The Morgan fingerprint density at radius 2 is 1.91 bits per heavy atom. The number of fused-ring (bicyclic) bond motifs is 1. The monoisotopic (exact) mass is 484 g/mol. The van der Waals surface area contributed by atoms with Gasteiger partial charge in [0.1, 0.15) is 5.69 Å². The molecule has 3 N–H and O–H groups in total. The molecule has 170 valence electrons. The van der Waals surface area contributed by atoms with Crippen molar-refractivity contribution in [3.05, 3.63) is 88.8 Å². The number of hydrogen-bond acceptors (Lipinski definition) is 4. The Labute approximate surface area is 196 Å². The fourth-order valence-corrected chi connectivity index (χ4v) is 6.14. The van der Waals surface area contributed by atoms with Gasteiger partial charge in [0, 0.05) is 51.7 Å². The van der Waals surface area contributed by atoms with Crippen LogP contribution in [0.25, 0.3) is 10.9 Å². The molecule has 2 heterocycles. The average Bonchev–Trinajstić information content (AvgIpc) is 3.22. The highest BCUT2D eigenvalue weighted by Gasteiger charge is 2.36. The van der Waals surface area contributed by atoms with Crippen molar-refractivity contribution in [2.45, 2.75) is 19.9 Å². The summed E-state index contributed by atoms with van der Waals surface area (Å²) >= 11 is 6.25. The molecule has 2 aromatic carbocycles. The molecule has 0 aliphatic heterocycles. The van der Waals surface area contributed by atoms with E-state index >= 15 is 0 Å². The standard InChI is InChI=1S/C24H23ClN3O4P/c1-3-16-5-4-6-19(13-16)33(31,32-2)23-20-14-18(25)7-8-21(20)27-22(23)24(29)26-15-17-9-11-28(30)12-10-17/h4-14H,3,15H2,1-2H3,(H2-,26,27,29,30,31)/p+1. The molecule has 0 radical (unpaired) electrons. The van der Waals surface area contributed by atoms with Gasteiger partial charge in [-0.05, 0) is 47.9 Å². The van der Waals surface area contributed by atoms with Crippen LogP contribution in [0.1, 0.15) is 28.5 Å². The van der Waals surface area contributed by atoms with E-state index < -0.39 is 13.3 Å². The maximum Gasteiger partial charge on any atom is 0.268 e. The Kier molecular flexibility index (Phi) is 6.56. The van der Waals surface area contributed by atoms with Crippen molar-refractivity contribution < 1.29 is 23.8 Å². The van der Waals surface area contributed by atoms with E-state index in [9.17, 15) is 14.6 Å². The average molecular weight is 485 g/mol. The van der Waals surface area contributed by atoms with E-state index in [2.05, 4.69) is 10.3 Å². The van der Waals surface area contributed by atoms with Crippen LogP contribution in [0.2, 0.25) is 5.02 Å². The predicted octanol–water partition coefficient (Wildman–Crippen LogP) is 3.71. The number of aromatic nitrogens is 2. The summed E-state index contributed by atoms with van der Waals surface area (Å²) in [7, 11) is -2.26. The van der Waals surface area contributed by atoms with Crippen molar-refractivity contribution in [3.8, 4) is 0 Å². The molecule has 0 spiro atoms. The third kappa shape index (κ3) is 4.53. The first-order chi connectivity index (χ1) is 15.9. The van der Waals surface area contributed by atoms with Crippen LogP contribution in [0.5, 0.6) is 0 Å². The second-order valence-corrected chi connectivity index (χ2v) is 10.4. The van der Waals surface area contributed by atoms with E-state index in [-0.39, 0.29) is 17.5 Å². The van der Waals surface area contributed by atoms with E-state index in [1.807, 2.05) is 25.1 Å². The minimum absolute atomic E-state index is 0.160. The van der Waals surface area contributed by atoms with Gasteiger partial charge in [-0.3, -0.25) is 14.6 Å². The van der Waals surface area contributed by atoms with Crippen LogP contribution in [0.15, 0.2) is 67.0 Å². The van der Waals surface area contributed by atoms with Gasteiger partial charge in [-0.2, -0.15) is 0 Å². The van der Waals surface area contributed by atoms with Crippen molar-refractivity contribution in [1.29, 1.82) is 0 Å². The number of carbonyl (C=O) groups is 1. The number of nitrogens with zero attached hydrogens (tertiary/aromatic N) is 1. The van der Waals surface area contributed by atoms with Crippen LogP contribution >= 0.6 is 19.0 Å². The van der Waals surface area contributed by atoms with Gasteiger partial charge in [0.15, 0.2) is 0 Å². The van der Waals surface area contributed by atoms with Gasteiger partial charge in [-0.1, -0.05) is 30.7 Å². The van der Waals surface area contributed by atoms with Gasteiger partial charge in [0.25, 0.3) is 13.3 Å². The minimum Gasteiger partial charge on any atom is -0.350 e. The number of hydrogen-bond donors (Lipinski definition) is 3. The summed E-state index contributed by atoms with van der Waals surface area (Å²) in [5.41, 5.74) is 2.59. The highest BCUT2D eigenvalue weighted by molar-refractivity contribution is 7.75. The van der Waals surface area contributed by atoms with E-state index in [0.29, 0.717) is 21.2 Å². The van der Waals surface area contributed by atoms with E-state index in [4.69, 9.17) is 16.1 Å². The number of H-pyrrole nitrogens is 1. The number of halogens is 1. The van der Waals surface area contributed by atoms with E-state index in [1.54, 1.807) is 36.4 Å². The highest BCUT2D eigenvalue weighted by Crippen LogP contribution is 2.47. The first-order valence-electron chi connectivity index (χ1n) is 10.4. The van der Waals surface area contributed by atoms with Crippen LogP contribution in [-0.2, 0) is 22.1 Å². The first kappa shape index (κ1) is 23.1. The second-order valence-electron chi connectivity index (χ2n) is 7.57. The lowest BCUT2D eigenvalue weighted by molar-refractivity contribution is -0.904. The molecular weight excluding hydrogens is 461 g/mol. The fourth-order valence-electron chi connectivity index (χ4n) is 3.74. The van der Waals surface area contributed by atoms with Crippen LogP contribution in [0, 0.1) is 0 Å². The molecule has 4 rings (SSSR count). The van der Waals surface area contributed by atoms with Crippen molar-refractivity contribution in [1.82, 2.24) is 10.3 Å². The normalized spacial score (nSPS) is 13.1. The number of carbonyl (C=O) groups excluding carboxylic acids is 1. The van der Waals surface area contributed by atoms with E-state index in [0.717, 1.165) is 22.3 Å². The number of pyridine rings is 1. The summed E-state index contributed by atoms with van der Waals surface area (Å²) in [6.45, 7) is 2.24. The molecule has 0 fully saturated rings.